The highest BCUT2D eigenvalue weighted by atomic mass is 35.5. The van der Waals surface area contributed by atoms with Gasteiger partial charge < -0.3 is 4.74 Å². The minimum absolute atomic E-state index is 0.149. The lowest BCUT2D eigenvalue weighted by Gasteiger charge is -2.15. The van der Waals surface area contributed by atoms with Crippen LogP contribution in [0.2, 0.25) is 5.02 Å². The molecular weight excluding hydrogens is 216 g/mol. The van der Waals surface area contributed by atoms with Crippen molar-refractivity contribution in [3.63, 3.8) is 0 Å². The number of ketones is 2. The topological polar surface area (TPSA) is 46.7 Å². The minimum atomic E-state index is -0.936. The Morgan fingerprint density at radius 3 is 2.87 bits per heavy atom. The van der Waals surface area contributed by atoms with E-state index in [4.69, 9.17) is 16.3 Å². The maximum Gasteiger partial charge on any atom is 0.198 e. The molecule has 0 unspecified atom stereocenters. The molecule has 1 aromatic carbocycles. The zero-order valence-electron chi connectivity index (χ0n) is 7.91. The van der Waals surface area contributed by atoms with Gasteiger partial charge in [0.1, 0.15) is 0 Å². The number of hydrogen-bond donors (Lipinski definition) is 0. The van der Waals surface area contributed by atoms with Gasteiger partial charge in [-0.25, -0.2) is 0 Å². The molecule has 1 aromatic rings. The molecule has 15 heavy (non-hydrogen) atoms. The van der Waals surface area contributed by atoms with E-state index in [9.17, 15) is 9.59 Å². The Labute approximate surface area is 91.0 Å². The first-order valence-electron chi connectivity index (χ1n) is 4.61. The Morgan fingerprint density at radius 2 is 2.13 bits per heavy atom. The molecule has 3 rings (SSSR count). The molecule has 0 N–H and O–H groups in total. The number of hydrogen-bond acceptors (Lipinski definition) is 3. The molecule has 0 spiro atoms. The Kier molecular flexibility index (Phi) is 1.50. The van der Waals surface area contributed by atoms with Gasteiger partial charge in [0, 0.05) is 5.56 Å². The van der Waals surface area contributed by atoms with Crippen LogP contribution in [0.3, 0.4) is 0 Å². The smallest absolute Gasteiger partial charge is 0.198 e. The van der Waals surface area contributed by atoms with Gasteiger partial charge in [0.25, 0.3) is 0 Å². The van der Waals surface area contributed by atoms with Crippen molar-refractivity contribution in [1.82, 2.24) is 0 Å². The average Bonchev–Trinajstić information content (AvgIpc) is 2.89. The van der Waals surface area contributed by atoms with E-state index in [1.807, 2.05) is 0 Å². The largest absolute Gasteiger partial charge is 0.349 e. The maximum atomic E-state index is 11.9. The van der Waals surface area contributed by atoms with Gasteiger partial charge in [-0.1, -0.05) is 23.7 Å². The summed E-state index contributed by atoms with van der Waals surface area (Å²) >= 11 is 5.90. The third-order valence-corrected chi connectivity index (χ3v) is 3.31. The van der Waals surface area contributed by atoms with Crippen LogP contribution in [-0.4, -0.2) is 23.3 Å². The number of carbonyl (C=O) groups excluding carboxylic acids is 2. The van der Waals surface area contributed by atoms with E-state index in [-0.39, 0.29) is 11.6 Å². The monoisotopic (exact) mass is 222 g/mol. The lowest BCUT2D eigenvalue weighted by Crippen LogP contribution is -2.34. The zero-order valence-corrected chi connectivity index (χ0v) is 8.67. The highest BCUT2D eigenvalue weighted by Crippen LogP contribution is 2.46. The summed E-state index contributed by atoms with van der Waals surface area (Å²) in [6.45, 7) is 1.64. The molecule has 0 radical (unpaired) electrons. The summed E-state index contributed by atoms with van der Waals surface area (Å²) in [6, 6.07) is 4.89. The Morgan fingerprint density at radius 1 is 1.40 bits per heavy atom. The lowest BCUT2D eigenvalue weighted by atomic mass is 9.83. The van der Waals surface area contributed by atoms with Crippen molar-refractivity contribution in [2.45, 2.75) is 18.6 Å². The lowest BCUT2D eigenvalue weighted by molar-refractivity contribution is 0.0874. The molecule has 1 aliphatic heterocycles. The first kappa shape index (κ1) is 9.07. The van der Waals surface area contributed by atoms with Crippen LogP contribution in [0.4, 0.5) is 0 Å². The molecular formula is C11H7ClO3. The van der Waals surface area contributed by atoms with Crippen molar-refractivity contribution in [3.8, 4) is 0 Å². The summed E-state index contributed by atoms with van der Waals surface area (Å²) in [6.07, 6.45) is -0.627. The molecule has 1 aliphatic carbocycles. The first-order valence-corrected chi connectivity index (χ1v) is 4.99. The number of rotatable bonds is 0. The summed E-state index contributed by atoms with van der Waals surface area (Å²) in [7, 11) is 0. The highest BCUT2D eigenvalue weighted by molar-refractivity contribution is 6.37. The molecule has 0 aromatic heterocycles. The molecule has 1 saturated heterocycles. The number of carbonyl (C=O) groups is 2. The molecule has 1 fully saturated rings. The number of fused-ring (bicyclic) bond motifs is 2. The predicted molar refractivity (Wildman–Crippen MR) is 53.4 cm³/mol. The number of ether oxygens (including phenoxy) is 1. The van der Waals surface area contributed by atoms with Crippen LogP contribution in [0.25, 0.3) is 0 Å². The van der Waals surface area contributed by atoms with Gasteiger partial charge in [0.15, 0.2) is 23.3 Å². The Balaban J connectivity index is 2.30. The van der Waals surface area contributed by atoms with Crippen molar-refractivity contribution in [2.24, 2.45) is 0 Å². The molecule has 1 heterocycles. The fraction of sp³-hybridized carbons (Fsp3) is 0.273. The highest BCUT2D eigenvalue weighted by Gasteiger charge is 2.66. The van der Waals surface area contributed by atoms with Crippen LogP contribution in [0.5, 0.6) is 0 Å². The number of Topliss-reactive ketones (excluding diaryl/α,β-unsaturated/α-hetero) is 2. The maximum absolute atomic E-state index is 11.9. The zero-order chi connectivity index (χ0) is 10.8. The number of benzene rings is 1. The molecule has 3 nitrogen and oxygen atoms in total. The van der Waals surface area contributed by atoms with E-state index in [0.717, 1.165) is 0 Å². The van der Waals surface area contributed by atoms with Crippen LogP contribution < -0.4 is 0 Å². The minimum Gasteiger partial charge on any atom is -0.349 e. The second-order valence-corrected chi connectivity index (χ2v) is 4.37. The average molecular weight is 223 g/mol. The van der Waals surface area contributed by atoms with E-state index < -0.39 is 11.7 Å². The second kappa shape index (κ2) is 2.49. The van der Waals surface area contributed by atoms with Crippen LogP contribution in [0, 0.1) is 0 Å². The van der Waals surface area contributed by atoms with Gasteiger partial charge in [-0.05, 0) is 13.0 Å². The summed E-state index contributed by atoms with van der Waals surface area (Å²) in [5.41, 5.74) is -0.248. The standard InChI is InChI=1S/C11H7ClO3/c1-11-9(14)5-3-2-4-6(12)7(5)8(13)10(11)15-11/h2-4,10H,1H3/t10-,11+/m0/s1. The van der Waals surface area contributed by atoms with Gasteiger partial charge in [0.2, 0.25) is 0 Å². The van der Waals surface area contributed by atoms with Gasteiger partial charge >= 0.3 is 0 Å². The predicted octanol–water partition coefficient (Wildman–Crippen LogP) is 1.88. The first-order chi connectivity index (χ1) is 7.05. The summed E-state index contributed by atoms with van der Waals surface area (Å²) < 4.78 is 5.17. The molecule has 2 aliphatic rings. The third-order valence-electron chi connectivity index (χ3n) is 3.00. The summed E-state index contributed by atoms with van der Waals surface area (Å²) in [5, 5.41) is 0.323. The molecule has 76 valence electrons. The normalized spacial score (nSPS) is 32.3. The van der Waals surface area contributed by atoms with Gasteiger partial charge in [0.05, 0.1) is 10.6 Å². The Hall–Kier alpha value is -1.19. The van der Waals surface area contributed by atoms with Crippen molar-refractivity contribution in [1.29, 1.82) is 0 Å². The van der Waals surface area contributed by atoms with Crippen LogP contribution in [-0.2, 0) is 4.74 Å². The molecule has 2 atom stereocenters. The second-order valence-electron chi connectivity index (χ2n) is 3.96. The van der Waals surface area contributed by atoms with Gasteiger partial charge in [-0.3, -0.25) is 9.59 Å². The van der Waals surface area contributed by atoms with Gasteiger partial charge in [-0.2, -0.15) is 0 Å². The van der Waals surface area contributed by atoms with E-state index in [1.54, 1.807) is 25.1 Å². The van der Waals surface area contributed by atoms with Gasteiger partial charge in [-0.15, -0.1) is 0 Å². The molecule has 0 saturated carbocycles. The fourth-order valence-electron chi connectivity index (χ4n) is 2.05. The summed E-state index contributed by atoms with van der Waals surface area (Å²) in [5.74, 6) is -0.331. The fourth-order valence-corrected chi connectivity index (χ4v) is 2.32. The summed E-state index contributed by atoms with van der Waals surface area (Å²) in [4.78, 5) is 23.8. The van der Waals surface area contributed by atoms with Crippen molar-refractivity contribution < 1.29 is 14.3 Å². The molecule has 0 bridgehead atoms. The van der Waals surface area contributed by atoms with Crippen LogP contribution in [0.1, 0.15) is 27.6 Å². The van der Waals surface area contributed by atoms with Crippen molar-refractivity contribution >= 4 is 23.2 Å². The van der Waals surface area contributed by atoms with Crippen LogP contribution in [0.15, 0.2) is 18.2 Å². The van der Waals surface area contributed by atoms with E-state index >= 15 is 0 Å². The Bertz CT molecular complexity index is 509. The SMILES string of the molecule is C[C@]12O[C@H]1C(=O)c1c(Cl)cccc1C2=O. The van der Waals surface area contributed by atoms with Crippen LogP contribution >= 0.6 is 11.6 Å². The van der Waals surface area contributed by atoms with Crippen molar-refractivity contribution in [3.05, 3.63) is 34.3 Å². The van der Waals surface area contributed by atoms with E-state index in [1.165, 1.54) is 0 Å². The quantitative estimate of drug-likeness (QED) is 0.630. The van der Waals surface area contributed by atoms with E-state index in [2.05, 4.69) is 0 Å². The third kappa shape index (κ3) is 0.945. The molecule has 0 amide bonds. The number of halogens is 1. The van der Waals surface area contributed by atoms with E-state index in [0.29, 0.717) is 16.1 Å². The number of epoxide rings is 1. The van der Waals surface area contributed by atoms with Crippen molar-refractivity contribution in [2.75, 3.05) is 0 Å². The molecule has 4 heteroatoms.